The third kappa shape index (κ3) is 40.4. The predicted molar refractivity (Wildman–Crippen MR) is 54.0 cm³/mol. The van der Waals surface area contributed by atoms with Crippen LogP contribution in [0.15, 0.2) is 0 Å². The molecule has 0 atom stereocenters. The molecule has 0 radical (unpaired) electrons. The van der Waals surface area contributed by atoms with Gasteiger partial charge in [0, 0.05) is 0 Å². The second kappa shape index (κ2) is 14.4. The van der Waals surface area contributed by atoms with Gasteiger partial charge in [-0.1, -0.05) is 25.7 Å². The minimum absolute atomic E-state index is 0. The molecule has 0 aliphatic heterocycles. The van der Waals surface area contributed by atoms with Crippen LogP contribution in [0.1, 0.15) is 25.7 Å². The summed E-state index contributed by atoms with van der Waals surface area (Å²) in [4.78, 5) is 0. The first-order chi connectivity index (χ1) is 4.89. The van der Waals surface area contributed by atoms with Gasteiger partial charge >= 0.3 is 31.5 Å². The Labute approximate surface area is 105 Å². The van der Waals surface area contributed by atoms with E-state index in [9.17, 15) is 0 Å². The first-order valence-electron chi connectivity index (χ1n) is 3.42. The molecular weight excluding hydrogens is 409 g/mol. The predicted octanol–water partition coefficient (Wildman–Crippen LogP) is 0.423. The van der Waals surface area contributed by atoms with Crippen LogP contribution in [0.2, 0.25) is 0 Å². The van der Waals surface area contributed by atoms with Gasteiger partial charge in [0.25, 0.3) is 0 Å². The maximum absolute atomic E-state index is 8.74. The van der Waals surface area contributed by atoms with Crippen LogP contribution in [0.25, 0.3) is 6.15 Å². The van der Waals surface area contributed by atoms with Crippen LogP contribution in [0, 0.1) is 12.8 Å². The van der Waals surface area contributed by atoms with Crippen LogP contribution in [0.3, 0.4) is 0 Å². The Balaban J connectivity index is -0.0000000356. The molecule has 8 N–H and O–H groups in total. The van der Waals surface area contributed by atoms with Crippen molar-refractivity contribution in [3.8, 4) is 0 Å². The monoisotopic (exact) mass is 428 g/mol. The Bertz CT molecular complexity index is 184. The minimum Gasteiger partial charge on any atom is -0.693 e. The fourth-order valence-corrected chi connectivity index (χ4v) is 1.01. The van der Waals surface area contributed by atoms with Gasteiger partial charge in [-0.15, -0.1) is 0 Å². The first kappa shape index (κ1) is 29.5. The van der Waals surface area contributed by atoms with Gasteiger partial charge in [0.1, 0.15) is 0 Å². The molecule has 0 spiro atoms. The molecule has 1 saturated carbocycles. The summed E-state index contributed by atoms with van der Waals surface area (Å²) in [6.45, 7) is 3.94. The Morgan fingerprint density at radius 3 is 1.33 bits per heavy atom. The van der Waals surface area contributed by atoms with Gasteiger partial charge in [-0.2, -0.15) is 14.3 Å². The molecule has 0 aromatic heterocycles. The second-order valence-electron chi connectivity index (χ2n) is 2.60. The van der Waals surface area contributed by atoms with E-state index in [0.717, 1.165) is 5.92 Å². The SMILES string of the molecule is O.O.O=S(=O)(O)O.[CH2-]C1CCCC1.[NH2-].[Pt+2]. The summed E-state index contributed by atoms with van der Waals surface area (Å²) < 4.78 is 31.6. The Morgan fingerprint density at radius 2 is 1.27 bits per heavy atom. The van der Waals surface area contributed by atoms with Crippen molar-refractivity contribution in [1.29, 1.82) is 0 Å². The molecule has 1 rings (SSSR count). The number of nitrogens with two attached hydrogens (primary N) is 1. The zero-order valence-electron chi connectivity index (χ0n) is 8.13. The molecular formula is C6H19NO6PtS. The molecule has 0 heterocycles. The van der Waals surface area contributed by atoms with E-state index in [1.54, 1.807) is 0 Å². The van der Waals surface area contributed by atoms with Gasteiger partial charge in [-0.3, -0.25) is 9.11 Å². The van der Waals surface area contributed by atoms with E-state index >= 15 is 0 Å². The van der Waals surface area contributed by atoms with Crippen LogP contribution >= 0.6 is 0 Å². The van der Waals surface area contributed by atoms with E-state index < -0.39 is 10.4 Å². The zero-order valence-corrected chi connectivity index (χ0v) is 11.2. The summed E-state index contributed by atoms with van der Waals surface area (Å²) in [7, 11) is -4.67. The van der Waals surface area contributed by atoms with Gasteiger partial charge in [0.2, 0.25) is 0 Å². The van der Waals surface area contributed by atoms with Gasteiger partial charge < -0.3 is 24.0 Å². The van der Waals surface area contributed by atoms with Crippen molar-refractivity contribution >= 4 is 10.4 Å². The van der Waals surface area contributed by atoms with E-state index in [1.807, 2.05) is 0 Å². The summed E-state index contributed by atoms with van der Waals surface area (Å²) >= 11 is 0. The fourth-order valence-electron chi connectivity index (χ4n) is 1.01. The Hall–Kier alpha value is 0.438. The normalized spacial score (nSPS) is 14.1. The van der Waals surface area contributed by atoms with Crippen LogP contribution in [0.5, 0.6) is 0 Å². The van der Waals surface area contributed by atoms with Gasteiger partial charge in [-0.25, -0.2) is 0 Å². The van der Waals surface area contributed by atoms with Crippen molar-refractivity contribution in [2.24, 2.45) is 5.92 Å². The van der Waals surface area contributed by atoms with E-state index in [2.05, 4.69) is 6.92 Å². The Kier molecular flexibility index (Phi) is 28.4. The molecule has 9 heteroatoms. The molecule has 0 amide bonds. The van der Waals surface area contributed by atoms with Crippen molar-refractivity contribution in [2.45, 2.75) is 25.7 Å². The molecule has 7 nitrogen and oxygen atoms in total. The number of hydrogen-bond donors (Lipinski definition) is 2. The van der Waals surface area contributed by atoms with E-state index in [0.29, 0.717) is 0 Å². The first-order valence-corrected chi connectivity index (χ1v) is 4.82. The van der Waals surface area contributed by atoms with E-state index in [-0.39, 0.29) is 38.2 Å². The number of rotatable bonds is 0. The van der Waals surface area contributed by atoms with Gasteiger partial charge in [0.05, 0.1) is 0 Å². The summed E-state index contributed by atoms with van der Waals surface area (Å²) in [6.07, 6.45) is 5.60. The van der Waals surface area contributed by atoms with Gasteiger partial charge in [0.15, 0.2) is 0 Å². The number of hydrogen-bond acceptors (Lipinski definition) is 2. The fraction of sp³-hybridized carbons (Fsp3) is 0.833. The molecule has 100 valence electrons. The third-order valence-electron chi connectivity index (χ3n) is 1.47. The molecule has 1 fully saturated rings. The summed E-state index contributed by atoms with van der Waals surface area (Å²) in [6, 6.07) is 0. The van der Waals surface area contributed by atoms with Crippen LogP contribution < -0.4 is 0 Å². The van der Waals surface area contributed by atoms with Crippen molar-refractivity contribution in [1.82, 2.24) is 0 Å². The van der Waals surface area contributed by atoms with Gasteiger partial charge in [-0.05, 0) is 0 Å². The smallest absolute Gasteiger partial charge is 0.693 e. The minimum atomic E-state index is -4.67. The molecule has 0 aromatic rings. The van der Waals surface area contributed by atoms with Crippen LogP contribution in [0.4, 0.5) is 0 Å². The topological polar surface area (TPSA) is 171 Å². The maximum atomic E-state index is 8.74. The van der Waals surface area contributed by atoms with Crippen molar-refractivity contribution in [2.75, 3.05) is 0 Å². The largest absolute Gasteiger partial charge is 2.00 e. The average Bonchev–Trinajstić information content (AvgIpc) is 2.12. The molecule has 0 aromatic carbocycles. The van der Waals surface area contributed by atoms with E-state index in [1.165, 1.54) is 25.7 Å². The standard InChI is InChI=1S/C6H11.H2N.H2O4S.2H2O.Pt/c1-6-4-2-3-5-6;;1-5(2,3)4;;;/h6H,1-5H2;1H2;(H2,1,2,3,4);2*1H2;/q2*-1;;;;+2. The van der Waals surface area contributed by atoms with Crippen molar-refractivity contribution in [3.05, 3.63) is 13.1 Å². The Morgan fingerprint density at radius 1 is 1.07 bits per heavy atom. The molecule has 0 unspecified atom stereocenters. The summed E-state index contributed by atoms with van der Waals surface area (Å²) in [5.74, 6) is 0.796. The quantitative estimate of drug-likeness (QED) is 0.421. The average molecular weight is 428 g/mol. The molecule has 0 bridgehead atoms. The van der Waals surface area contributed by atoms with Crippen LogP contribution in [-0.4, -0.2) is 28.5 Å². The maximum Gasteiger partial charge on any atom is 2.00 e. The van der Waals surface area contributed by atoms with E-state index in [4.69, 9.17) is 17.5 Å². The van der Waals surface area contributed by atoms with Crippen LogP contribution in [-0.2, 0) is 31.5 Å². The third-order valence-corrected chi connectivity index (χ3v) is 1.47. The van der Waals surface area contributed by atoms with Crippen molar-refractivity contribution < 1.29 is 49.5 Å². The second-order valence-corrected chi connectivity index (χ2v) is 3.49. The summed E-state index contributed by atoms with van der Waals surface area (Å²) in [5, 5.41) is 0. The summed E-state index contributed by atoms with van der Waals surface area (Å²) in [5.41, 5.74) is 0. The molecule has 0 saturated heterocycles. The molecule has 15 heavy (non-hydrogen) atoms. The molecule has 1 aliphatic rings. The van der Waals surface area contributed by atoms with Crippen molar-refractivity contribution in [3.63, 3.8) is 0 Å². The zero-order chi connectivity index (χ0) is 8.91. The molecule has 1 aliphatic carbocycles.